The normalized spacial score (nSPS) is 11.6. The second kappa shape index (κ2) is 7.63. The van der Waals surface area contributed by atoms with Crippen molar-refractivity contribution in [2.24, 2.45) is 0 Å². The largest absolute Gasteiger partial charge is 0.397 e. The molecule has 0 heterocycles. The molecule has 0 aromatic heterocycles. The number of hydrogen-bond acceptors (Lipinski definition) is 5. The smallest absolute Gasteiger partial charge is 0.225 e. The fourth-order valence-corrected chi connectivity index (χ4v) is 2.39. The number of nitrogens with two attached hydrogens (primary N) is 1. The van der Waals surface area contributed by atoms with Crippen LogP contribution >= 0.6 is 11.6 Å². The molecule has 0 radical (unpaired) electrons. The highest BCUT2D eigenvalue weighted by Crippen LogP contribution is 2.22. The third-order valence-corrected chi connectivity index (χ3v) is 4.01. The molecule has 21 heavy (non-hydrogen) atoms. The fraction of sp³-hybridized carbons (Fsp3) is 0.462. The van der Waals surface area contributed by atoms with E-state index in [0.717, 1.165) is 0 Å². The van der Waals surface area contributed by atoms with Crippen LogP contribution in [0.15, 0.2) is 18.2 Å². The summed E-state index contributed by atoms with van der Waals surface area (Å²) in [6.45, 7) is 0.854. The van der Waals surface area contributed by atoms with E-state index in [4.69, 9.17) is 17.3 Å². The summed E-state index contributed by atoms with van der Waals surface area (Å²) in [4.78, 5) is 13.6. The number of nitrogens with zero attached hydrogens (tertiary/aromatic N) is 1. The average Bonchev–Trinajstić information content (AvgIpc) is 2.37. The zero-order chi connectivity index (χ0) is 16.0. The molecule has 3 N–H and O–H groups in total. The second-order valence-corrected chi connectivity index (χ2v) is 7.66. The summed E-state index contributed by atoms with van der Waals surface area (Å²) in [6, 6.07) is 4.85. The lowest BCUT2D eigenvalue weighted by molar-refractivity contribution is -0.116. The Morgan fingerprint density at radius 2 is 2.05 bits per heavy atom. The van der Waals surface area contributed by atoms with Gasteiger partial charge in [0.2, 0.25) is 5.91 Å². The summed E-state index contributed by atoms with van der Waals surface area (Å²) in [5.74, 6) is -0.123. The molecule has 6 nitrogen and oxygen atoms in total. The lowest BCUT2D eigenvalue weighted by atomic mass is 10.2. The maximum absolute atomic E-state index is 11.8. The van der Waals surface area contributed by atoms with Crippen molar-refractivity contribution in [2.45, 2.75) is 6.42 Å². The molecule has 1 aromatic rings. The van der Waals surface area contributed by atoms with Gasteiger partial charge >= 0.3 is 0 Å². The van der Waals surface area contributed by atoms with Gasteiger partial charge in [-0.25, -0.2) is 8.42 Å². The van der Waals surface area contributed by atoms with Gasteiger partial charge in [0.05, 0.1) is 17.1 Å². The molecule has 0 saturated heterocycles. The van der Waals surface area contributed by atoms with E-state index in [9.17, 15) is 13.2 Å². The van der Waals surface area contributed by atoms with Gasteiger partial charge in [0.25, 0.3) is 0 Å². The fourth-order valence-electron chi connectivity index (χ4n) is 1.58. The summed E-state index contributed by atoms with van der Waals surface area (Å²) in [6.07, 6.45) is 1.43. The number of carbonyl (C=O) groups excluding carboxylic acids is 1. The number of carbonyl (C=O) groups is 1. The first-order valence-electron chi connectivity index (χ1n) is 6.38. The Hall–Kier alpha value is -1.31. The summed E-state index contributed by atoms with van der Waals surface area (Å²) in [7, 11) is -1.22. The van der Waals surface area contributed by atoms with Crippen LogP contribution in [0.3, 0.4) is 0 Å². The maximum atomic E-state index is 11.8. The maximum Gasteiger partial charge on any atom is 0.225 e. The molecule has 0 atom stereocenters. The minimum atomic E-state index is -2.99. The van der Waals surface area contributed by atoms with Gasteiger partial charge in [-0.05, 0) is 25.2 Å². The predicted molar refractivity (Wildman–Crippen MR) is 86.3 cm³/mol. The van der Waals surface area contributed by atoms with Crippen molar-refractivity contribution >= 4 is 38.7 Å². The highest BCUT2D eigenvalue weighted by atomic mass is 35.5. The first kappa shape index (κ1) is 17.7. The Bertz CT molecular complexity index is 605. The van der Waals surface area contributed by atoms with Crippen molar-refractivity contribution < 1.29 is 13.2 Å². The summed E-state index contributed by atoms with van der Waals surface area (Å²) in [5.41, 5.74) is 6.66. The number of sulfone groups is 1. The zero-order valence-electron chi connectivity index (χ0n) is 12.1. The van der Waals surface area contributed by atoms with E-state index < -0.39 is 9.84 Å². The van der Waals surface area contributed by atoms with Crippen LogP contribution in [0.1, 0.15) is 6.42 Å². The van der Waals surface area contributed by atoms with E-state index in [2.05, 4.69) is 5.32 Å². The number of nitrogen functional groups attached to an aromatic ring is 1. The Balaban J connectivity index is 2.42. The number of hydrogen-bond donors (Lipinski definition) is 2. The molecule has 8 heteroatoms. The van der Waals surface area contributed by atoms with Crippen LogP contribution in [0.25, 0.3) is 0 Å². The van der Waals surface area contributed by atoms with Crippen molar-refractivity contribution in [3.63, 3.8) is 0 Å². The Kier molecular flexibility index (Phi) is 6.44. The molecule has 0 spiro atoms. The highest BCUT2D eigenvalue weighted by molar-refractivity contribution is 7.90. The molecule has 0 bridgehead atoms. The second-order valence-electron chi connectivity index (χ2n) is 4.96. The summed E-state index contributed by atoms with van der Waals surface area (Å²) >= 11 is 5.84. The van der Waals surface area contributed by atoms with Gasteiger partial charge < -0.3 is 16.0 Å². The van der Waals surface area contributed by atoms with Crippen molar-refractivity contribution in [3.8, 4) is 0 Å². The quantitative estimate of drug-likeness (QED) is 0.732. The molecule has 1 aromatic carbocycles. The van der Waals surface area contributed by atoms with Gasteiger partial charge in [0.15, 0.2) is 0 Å². The van der Waals surface area contributed by atoms with Crippen LogP contribution in [-0.2, 0) is 14.6 Å². The van der Waals surface area contributed by atoms with E-state index >= 15 is 0 Å². The SMILES string of the molecule is CN(CCC(=O)Nc1cc(Cl)ccc1N)CCS(C)(=O)=O. The van der Waals surface area contributed by atoms with Gasteiger partial charge in [0.1, 0.15) is 9.84 Å². The van der Waals surface area contributed by atoms with Crippen molar-refractivity contribution in [3.05, 3.63) is 23.2 Å². The number of amides is 1. The zero-order valence-corrected chi connectivity index (χ0v) is 13.7. The topological polar surface area (TPSA) is 92.5 Å². The minimum Gasteiger partial charge on any atom is -0.397 e. The van der Waals surface area contributed by atoms with Crippen LogP contribution in [0.5, 0.6) is 0 Å². The summed E-state index contributed by atoms with van der Waals surface area (Å²) in [5, 5.41) is 3.18. The Morgan fingerprint density at radius 3 is 2.67 bits per heavy atom. The molecule has 0 aliphatic heterocycles. The van der Waals surface area contributed by atoms with Gasteiger partial charge in [-0.15, -0.1) is 0 Å². The van der Waals surface area contributed by atoms with Gasteiger partial charge in [0, 0.05) is 30.8 Å². The lowest BCUT2D eigenvalue weighted by Crippen LogP contribution is -2.28. The monoisotopic (exact) mass is 333 g/mol. The van der Waals surface area contributed by atoms with Crippen LogP contribution in [0.2, 0.25) is 5.02 Å². The molecular weight excluding hydrogens is 314 g/mol. The Morgan fingerprint density at radius 1 is 1.38 bits per heavy atom. The van der Waals surface area contributed by atoms with Gasteiger partial charge in [-0.3, -0.25) is 4.79 Å². The van der Waals surface area contributed by atoms with Crippen LogP contribution in [0.4, 0.5) is 11.4 Å². The standard InChI is InChI=1S/C13H20ClN3O3S/c1-17(7-8-21(2,19)20)6-5-13(18)16-12-9-10(14)3-4-11(12)15/h3-4,9H,5-8,15H2,1-2H3,(H,16,18). The van der Waals surface area contributed by atoms with Crippen LogP contribution in [-0.4, -0.2) is 51.4 Å². The molecule has 118 valence electrons. The van der Waals surface area contributed by atoms with Crippen LogP contribution < -0.4 is 11.1 Å². The molecule has 0 saturated carbocycles. The number of anilines is 2. The first-order chi connectivity index (χ1) is 9.67. The van der Waals surface area contributed by atoms with Crippen molar-refractivity contribution in [1.82, 2.24) is 4.90 Å². The molecule has 0 unspecified atom stereocenters. The van der Waals surface area contributed by atoms with Gasteiger partial charge in [-0.1, -0.05) is 11.6 Å². The summed E-state index contributed by atoms with van der Waals surface area (Å²) < 4.78 is 22.1. The third kappa shape index (κ3) is 7.31. The van der Waals surface area contributed by atoms with Crippen LogP contribution in [0, 0.1) is 0 Å². The predicted octanol–water partition coefficient (Wildman–Crippen LogP) is 1.23. The van der Waals surface area contributed by atoms with E-state index in [1.165, 1.54) is 6.26 Å². The van der Waals surface area contributed by atoms with E-state index in [1.54, 1.807) is 30.1 Å². The van der Waals surface area contributed by atoms with Gasteiger partial charge in [-0.2, -0.15) is 0 Å². The molecule has 0 aliphatic carbocycles. The highest BCUT2D eigenvalue weighted by Gasteiger charge is 2.09. The first-order valence-corrected chi connectivity index (χ1v) is 8.82. The van der Waals surface area contributed by atoms with Crippen molar-refractivity contribution in [1.29, 1.82) is 0 Å². The number of halogens is 1. The molecule has 0 aliphatic rings. The number of nitrogens with one attached hydrogen (secondary N) is 1. The van der Waals surface area contributed by atoms with E-state index in [1.807, 2.05) is 0 Å². The third-order valence-electron chi connectivity index (χ3n) is 2.85. The Labute approximate surface area is 130 Å². The number of benzene rings is 1. The molecule has 0 fully saturated rings. The molecule has 1 amide bonds. The van der Waals surface area contributed by atoms with Crippen molar-refractivity contribution in [2.75, 3.05) is 43.2 Å². The van der Waals surface area contributed by atoms with E-state index in [-0.39, 0.29) is 18.1 Å². The average molecular weight is 334 g/mol. The minimum absolute atomic E-state index is 0.0758. The van der Waals surface area contributed by atoms with E-state index in [0.29, 0.717) is 29.5 Å². The molecular formula is C13H20ClN3O3S. The lowest BCUT2D eigenvalue weighted by Gasteiger charge is -2.16. The number of rotatable bonds is 7. The molecule has 1 rings (SSSR count).